The number of hydrogen-bond acceptors (Lipinski definition) is 5. The summed E-state index contributed by atoms with van der Waals surface area (Å²) in [6.45, 7) is 9.52. The van der Waals surface area contributed by atoms with Crippen molar-refractivity contribution in [3.8, 4) is 5.75 Å². The van der Waals surface area contributed by atoms with Crippen molar-refractivity contribution in [1.29, 1.82) is 0 Å². The van der Waals surface area contributed by atoms with E-state index >= 15 is 0 Å². The minimum atomic E-state index is -0.645. The highest BCUT2D eigenvalue weighted by atomic mass is 16.3. The predicted octanol–water partition coefficient (Wildman–Crippen LogP) is 2.96. The van der Waals surface area contributed by atoms with E-state index < -0.39 is 6.04 Å². The Morgan fingerprint density at radius 1 is 1.07 bits per heavy atom. The maximum atomic E-state index is 12.2. The Morgan fingerprint density at radius 3 is 2.17 bits per heavy atom. The third-order valence-corrected chi connectivity index (χ3v) is 4.14. The first-order valence-electron chi connectivity index (χ1n) is 10.9. The molecule has 0 aliphatic rings. The van der Waals surface area contributed by atoms with Gasteiger partial charge in [-0.05, 0) is 44.1 Å². The molecule has 0 unspecified atom stereocenters. The van der Waals surface area contributed by atoms with Gasteiger partial charge in [0, 0.05) is 25.8 Å². The standard InChI is InChI=1S/C18H26N2O4.C3H9N.C2H6/c1-2-15(22)6-4-3-5-11-19-18(24)17(20-13-21)12-14-7-9-16(23)10-8-14;1-3-4-2;1-2/h7-10,13,17,23H,2-6,11-12H2,1H3,(H,19,24)(H,20,21);4H,3H2,1-2H3;1-2H3/t17-;;/m0../s1. The van der Waals surface area contributed by atoms with Crippen LogP contribution in [0.2, 0.25) is 0 Å². The second kappa shape index (κ2) is 21.3. The third-order valence-electron chi connectivity index (χ3n) is 4.14. The molecule has 0 aromatic heterocycles. The number of carbonyl (C=O) groups is 3. The Balaban J connectivity index is 0. The maximum Gasteiger partial charge on any atom is 0.242 e. The van der Waals surface area contributed by atoms with Gasteiger partial charge in [-0.15, -0.1) is 0 Å². The number of hydrogen-bond donors (Lipinski definition) is 4. The van der Waals surface area contributed by atoms with E-state index in [0.717, 1.165) is 31.4 Å². The van der Waals surface area contributed by atoms with Crippen molar-refractivity contribution in [2.24, 2.45) is 0 Å². The van der Waals surface area contributed by atoms with Crippen LogP contribution in [-0.2, 0) is 20.8 Å². The fourth-order valence-electron chi connectivity index (χ4n) is 2.31. The number of nitrogens with one attached hydrogen (secondary N) is 3. The normalized spacial score (nSPS) is 10.4. The number of ketones is 1. The summed E-state index contributed by atoms with van der Waals surface area (Å²) in [6, 6.07) is 5.87. The Morgan fingerprint density at radius 2 is 1.67 bits per heavy atom. The average molecular weight is 424 g/mol. The van der Waals surface area contributed by atoms with Crippen molar-refractivity contribution in [2.75, 3.05) is 20.1 Å². The van der Waals surface area contributed by atoms with Gasteiger partial charge in [-0.1, -0.05) is 46.2 Å². The number of carbonyl (C=O) groups excluding carboxylic acids is 3. The topological polar surface area (TPSA) is 108 Å². The quantitative estimate of drug-likeness (QED) is 0.288. The zero-order valence-electron chi connectivity index (χ0n) is 19.3. The highest BCUT2D eigenvalue weighted by molar-refractivity contribution is 5.83. The maximum absolute atomic E-state index is 12.2. The van der Waals surface area contributed by atoms with E-state index in [-0.39, 0.29) is 17.4 Å². The molecule has 0 radical (unpaired) electrons. The molecule has 0 fully saturated rings. The molecule has 0 heterocycles. The van der Waals surface area contributed by atoms with E-state index in [1.165, 1.54) is 0 Å². The Kier molecular flexibility index (Phi) is 21.2. The van der Waals surface area contributed by atoms with Crippen molar-refractivity contribution < 1.29 is 19.5 Å². The van der Waals surface area contributed by atoms with Gasteiger partial charge >= 0.3 is 0 Å². The molecule has 4 N–H and O–H groups in total. The predicted molar refractivity (Wildman–Crippen MR) is 123 cm³/mol. The largest absolute Gasteiger partial charge is 0.508 e. The lowest BCUT2D eigenvalue weighted by atomic mass is 10.1. The summed E-state index contributed by atoms with van der Waals surface area (Å²) in [5, 5.41) is 17.5. The Bertz CT molecular complexity index is 560. The molecule has 30 heavy (non-hydrogen) atoms. The third kappa shape index (κ3) is 16.5. The van der Waals surface area contributed by atoms with Crippen LogP contribution in [0.25, 0.3) is 0 Å². The van der Waals surface area contributed by atoms with Crippen molar-refractivity contribution in [1.82, 2.24) is 16.0 Å². The van der Waals surface area contributed by atoms with E-state index in [4.69, 9.17) is 0 Å². The molecule has 1 aromatic carbocycles. The van der Waals surface area contributed by atoms with Crippen LogP contribution in [0.15, 0.2) is 24.3 Å². The molecule has 0 saturated carbocycles. The Hall–Kier alpha value is -2.41. The van der Waals surface area contributed by atoms with Gasteiger partial charge in [-0.2, -0.15) is 0 Å². The molecule has 1 aromatic rings. The van der Waals surface area contributed by atoms with Crippen molar-refractivity contribution in [3.63, 3.8) is 0 Å². The lowest BCUT2D eigenvalue weighted by molar-refractivity contribution is -0.125. The summed E-state index contributed by atoms with van der Waals surface area (Å²) in [6.07, 6.45) is 4.57. The minimum absolute atomic E-state index is 0.157. The monoisotopic (exact) mass is 423 g/mol. The first-order chi connectivity index (χ1) is 14.5. The summed E-state index contributed by atoms with van der Waals surface area (Å²) in [4.78, 5) is 34.0. The summed E-state index contributed by atoms with van der Waals surface area (Å²) in [7, 11) is 1.93. The fourth-order valence-corrected chi connectivity index (χ4v) is 2.31. The molecule has 0 aliphatic carbocycles. The summed E-state index contributed by atoms with van der Waals surface area (Å²) in [5.41, 5.74) is 0.848. The molecular formula is C23H41N3O4. The molecule has 0 aliphatic heterocycles. The van der Waals surface area contributed by atoms with Crippen LogP contribution < -0.4 is 16.0 Å². The van der Waals surface area contributed by atoms with Crippen LogP contribution in [0.1, 0.15) is 65.4 Å². The second-order valence-electron chi connectivity index (χ2n) is 6.41. The van der Waals surface area contributed by atoms with Crippen LogP contribution in [-0.4, -0.2) is 49.4 Å². The van der Waals surface area contributed by atoms with Gasteiger partial charge in [0.25, 0.3) is 0 Å². The van der Waals surface area contributed by atoms with Crippen LogP contribution in [0.4, 0.5) is 0 Å². The summed E-state index contributed by atoms with van der Waals surface area (Å²) < 4.78 is 0. The molecule has 1 atom stereocenters. The molecule has 0 saturated heterocycles. The number of aromatic hydroxyl groups is 1. The van der Waals surface area contributed by atoms with Crippen molar-refractivity contribution >= 4 is 18.1 Å². The van der Waals surface area contributed by atoms with E-state index in [0.29, 0.717) is 32.2 Å². The van der Waals surface area contributed by atoms with Gasteiger partial charge < -0.3 is 21.1 Å². The van der Waals surface area contributed by atoms with E-state index in [1.807, 2.05) is 27.8 Å². The molecule has 172 valence electrons. The summed E-state index contributed by atoms with van der Waals surface area (Å²) >= 11 is 0. The molecule has 0 spiro atoms. The highest BCUT2D eigenvalue weighted by Crippen LogP contribution is 2.11. The molecule has 7 heteroatoms. The van der Waals surface area contributed by atoms with Gasteiger partial charge in [-0.25, -0.2) is 0 Å². The highest BCUT2D eigenvalue weighted by Gasteiger charge is 2.17. The Labute approximate surface area is 182 Å². The van der Waals surface area contributed by atoms with Crippen LogP contribution in [0, 0.1) is 0 Å². The summed E-state index contributed by atoms with van der Waals surface area (Å²) in [5.74, 6) is 0.188. The number of phenolic OH excluding ortho intramolecular Hbond substituents is 1. The van der Waals surface area contributed by atoms with Gasteiger partial charge in [0.1, 0.15) is 17.6 Å². The van der Waals surface area contributed by atoms with Gasteiger partial charge in [0.15, 0.2) is 0 Å². The van der Waals surface area contributed by atoms with E-state index in [2.05, 4.69) is 22.9 Å². The zero-order valence-corrected chi connectivity index (χ0v) is 19.3. The first kappa shape index (κ1) is 29.8. The number of amides is 2. The SMILES string of the molecule is CC.CCC(=O)CCCCCNC(=O)[C@H](Cc1ccc(O)cc1)NC=O.CCNC. The van der Waals surface area contributed by atoms with Crippen molar-refractivity contribution in [3.05, 3.63) is 29.8 Å². The lowest BCUT2D eigenvalue weighted by Crippen LogP contribution is -2.45. The number of unbranched alkanes of at least 4 members (excludes halogenated alkanes) is 2. The van der Waals surface area contributed by atoms with E-state index in [1.54, 1.807) is 24.3 Å². The van der Waals surface area contributed by atoms with Crippen LogP contribution in [0.5, 0.6) is 5.75 Å². The molecular weight excluding hydrogens is 382 g/mol. The van der Waals surface area contributed by atoms with Gasteiger partial charge in [0.2, 0.25) is 12.3 Å². The molecule has 1 rings (SSSR count). The zero-order chi connectivity index (χ0) is 23.2. The number of benzene rings is 1. The number of phenols is 1. The van der Waals surface area contributed by atoms with Gasteiger partial charge in [0.05, 0.1) is 0 Å². The van der Waals surface area contributed by atoms with Gasteiger partial charge in [-0.3, -0.25) is 14.4 Å². The molecule has 7 nitrogen and oxygen atoms in total. The molecule has 0 bridgehead atoms. The number of Topliss-reactive ketones (excluding diaryl/α,β-unsaturated/α-hetero) is 1. The fraction of sp³-hybridized carbons (Fsp3) is 0.609. The van der Waals surface area contributed by atoms with E-state index in [9.17, 15) is 19.5 Å². The molecule has 2 amide bonds. The van der Waals surface area contributed by atoms with Crippen LogP contribution >= 0.6 is 0 Å². The second-order valence-corrected chi connectivity index (χ2v) is 6.41. The average Bonchev–Trinajstić information content (AvgIpc) is 2.78. The minimum Gasteiger partial charge on any atom is -0.508 e. The number of rotatable bonds is 13. The first-order valence-corrected chi connectivity index (χ1v) is 10.9. The van der Waals surface area contributed by atoms with Crippen LogP contribution in [0.3, 0.4) is 0 Å². The van der Waals surface area contributed by atoms with Crippen molar-refractivity contribution in [2.45, 2.75) is 72.3 Å². The smallest absolute Gasteiger partial charge is 0.242 e. The lowest BCUT2D eigenvalue weighted by Gasteiger charge is -2.16.